The molecule has 0 radical (unpaired) electrons. The molecule has 0 spiro atoms. The van der Waals surface area contributed by atoms with Crippen molar-refractivity contribution >= 4 is 33.9 Å². The Morgan fingerprint density at radius 2 is 1.92 bits per heavy atom. The van der Waals surface area contributed by atoms with Gasteiger partial charge in [-0.05, 0) is 49.6 Å². The van der Waals surface area contributed by atoms with E-state index in [0.717, 1.165) is 39.0 Å². The van der Waals surface area contributed by atoms with E-state index in [0.29, 0.717) is 0 Å². The summed E-state index contributed by atoms with van der Waals surface area (Å²) in [6.45, 7) is 5.99. The standard InChI is InChI=1S/C19H20N4OS/c1-12-7-8-20-16(9-12)22-19-21-15(11-25-19)10-17(24)23-18-13(2)5-4-6-14(18)3/h4-9,11H,10H2,1-3H3,(H,23,24)(H,20,21,22). The molecule has 0 bridgehead atoms. The van der Waals surface area contributed by atoms with E-state index in [9.17, 15) is 4.79 Å². The van der Waals surface area contributed by atoms with Crippen molar-refractivity contribution in [3.05, 3.63) is 64.3 Å². The molecule has 128 valence electrons. The monoisotopic (exact) mass is 352 g/mol. The molecular formula is C19H20N4OS. The summed E-state index contributed by atoms with van der Waals surface area (Å²) in [5.41, 5.74) is 4.86. The molecule has 0 aliphatic heterocycles. The Hall–Kier alpha value is -2.73. The lowest BCUT2D eigenvalue weighted by atomic mass is 10.1. The quantitative estimate of drug-likeness (QED) is 0.715. The largest absolute Gasteiger partial charge is 0.325 e. The molecule has 1 aromatic carbocycles. The highest BCUT2D eigenvalue weighted by atomic mass is 32.1. The van der Waals surface area contributed by atoms with Gasteiger partial charge in [0.2, 0.25) is 5.91 Å². The lowest BCUT2D eigenvalue weighted by molar-refractivity contribution is -0.115. The van der Waals surface area contributed by atoms with Crippen LogP contribution in [-0.4, -0.2) is 15.9 Å². The highest BCUT2D eigenvalue weighted by Crippen LogP contribution is 2.22. The van der Waals surface area contributed by atoms with Crippen LogP contribution in [0.4, 0.5) is 16.6 Å². The summed E-state index contributed by atoms with van der Waals surface area (Å²) in [4.78, 5) is 21.0. The number of anilines is 3. The first-order valence-electron chi connectivity index (χ1n) is 8.01. The lowest BCUT2D eigenvalue weighted by Gasteiger charge is -2.10. The summed E-state index contributed by atoms with van der Waals surface area (Å²) in [5, 5.41) is 8.78. The van der Waals surface area contributed by atoms with Crippen molar-refractivity contribution in [1.82, 2.24) is 9.97 Å². The summed E-state index contributed by atoms with van der Waals surface area (Å²) in [5.74, 6) is 0.684. The number of thiazole rings is 1. The van der Waals surface area contributed by atoms with Crippen molar-refractivity contribution in [2.45, 2.75) is 27.2 Å². The maximum absolute atomic E-state index is 12.3. The molecule has 2 aromatic heterocycles. The van der Waals surface area contributed by atoms with Crippen molar-refractivity contribution in [2.24, 2.45) is 0 Å². The Morgan fingerprint density at radius 1 is 1.16 bits per heavy atom. The van der Waals surface area contributed by atoms with Crippen LogP contribution in [0.1, 0.15) is 22.4 Å². The van der Waals surface area contributed by atoms with Gasteiger partial charge < -0.3 is 10.6 Å². The molecule has 0 aliphatic carbocycles. The van der Waals surface area contributed by atoms with E-state index >= 15 is 0 Å². The predicted molar refractivity (Wildman–Crippen MR) is 103 cm³/mol. The lowest BCUT2D eigenvalue weighted by Crippen LogP contribution is -2.16. The third-order valence-electron chi connectivity index (χ3n) is 3.79. The van der Waals surface area contributed by atoms with Crippen LogP contribution in [0, 0.1) is 20.8 Å². The van der Waals surface area contributed by atoms with Crippen molar-refractivity contribution in [3.63, 3.8) is 0 Å². The number of pyridine rings is 1. The number of aryl methyl sites for hydroxylation is 3. The zero-order chi connectivity index (χ0) is 17.8. The Bertz CT molecular complexity index is 884. The number of para-hydroxylation sites is 1. The van der Waals surface area contributed by atoms with Gasteiger partial charge >= 0.3 is 0 Å². The van der Waals surface area contributed by atoms with Crippen LogP contribution in [0.2, 0.25) is 0 Å². The summed E-state index contributed by atoms with van der Waals surface area (Å²) in [6.07, 6.45) is 2.00. The number of hydrogen-bond acceptors (Lipinski definition) is 5. The number of amides is 1. The van der Waals surface area contributed by atoms with Crippen LogP contribution in [0.5, 0.6) is 0 Å². The van der Waals surface area contributed by atoms with Crippen molar-refractivity contribution in [2.75, 3.05) is 10.6 Å². The molecule has 1 amide bonds. The molecule has 6 heteroatoms. The number of carbonyl (C=O) groups excluding carboxylic acids is 1. The number of aromatic nitrogens is 2. The minimum absolute atomic E-state index is 0.0667. The highest BCUT2D eigenvalue weighted by Gasteiger charge is 2.11. The van der Waals surface area contributed by atoms with E-state index in [1.807, 2.05) is 56.5 Å². The third-order valence-corrected chi connectivity index (χ3v) is 4.60. The second kappa shape index (κ2) is 7.44. The Kier molecular flexibility index (Phi) is 5.09. The molecule has 0 atom stereocenters. The van der Waals surface area contributed by atoms with Crippen molar-refractivity contribution in [1.29, 1.82) is 0 Å². The van der Waals surface area contributed by atoms with Gasteiger partial charge in [0.15, 0.2) is 5.13 Å². The molecule has 3 aromatic rings. The normalized spacial score (nSPS) is 10.5. The van der Waals surface area contributed by atoms with E-state index in [4.69, 9.17) is 0 Å². The molecule has 3 rings (SSSR count). The van der Waals surface area contributed by atoms with Gasteiger partial charge in [0.05, 0.1) is 12.1 Å². The fraction of sp³-hybridized carbons (Fsp3) is 0.211. The molecule has 0 aliphatic rings. The summed E-state index contributed by atoms with van der Waals surface area (Å²) in [7, 11) is 0. The van der Waals surface area contributed by atoms with Gasteiger partial charge in [-0.3, -0.25) is 4.79 Å². The van der Waals surface area contributed by atoms with Gasteiger partial charge in [-0.2, -0.15) is 0 Å². The molecular weight excluding hydrogens is 332 g/mol. The maximum atomic E-state index is 12.3. The second-order valence-corrected chi connectivity index (χ2v) is 6.84. The average molecular weight is 352 g/mol. The summed E-state index contributed by atoms with van der Waals surface area (Å²) >= 11 is 1.46. The number of hydrogen-bond donors (Lipinski definition) is 2. The molecule has 25 heavy (non-hydrogen) atoms. The number of nitrogens with one attached hydrogen (secondary N) is 2. The molecule has 0 unspecified atom stereocenters. The van der Waals surface area contributed by atoms with Gasteiger partial charge in [0.1, 0.15) is 5.82 Å². The van der Waals surface area contributed by atoms with Gasteiger partial charge in [-0.1, -0.05) is 18.2 Å². The van der Waals surface area contributed by atoms with Gasteiger partial charge in [0, 0.05) is 17.3 Å². The number of rotatable bonds is 5. The van der Waals surface area contributed by atoms with Crippen LogP contribution in [0.25, 0.3) is 0 Å². The smallest absolute Gasteiger partial charge is 0.230 e. The molecule has 2 heterocycles. The minimum atomic E-state index is -0.0667. The number of carbonyl (C=O) groups is 1. The highest BCUT2D eigenvalue weighted by molar-refractivity contribution is 7.13. The Balaban J connectivity index is 1.64. The Labute approximate surface area is 151 Å². The summed E-state index contributed by atoms with van der Waals surface area (Å²) in [6, 6.07) is 9.85. The van der Waals surface area contributed by atoms with Gasteiger partial charge in [-0.25, -0.2) is 9.97 Å². The van der Waals surface area contributed by atoms with Crippen molar-refractivity contribution in [3.8, 4) is 0 Å². The second-order valence-electron chi connectivity index (χ2n) is 5.98. The zero-order valence-corrected chi connectivity index (χ0v) is 15.3. The molecule has 0 fully saturated rings. The van der Waals surface area contributed by atoms with E-state index in [2.05, 4.69) is 20.6 Å². The number of nitrogens with zero attached hydrogens (tertiary/aromatic N) is 2. The van der Waals surface area contributed by atoms with E-state index in [1.165, 1.54) is 11.3 Å². The molecule has 0 saturated heterocycles. The van der Waals surface area contributed by atoms with Gasteiger partial charge in [0.25, 0.3) is 0 Å². The molecule has 5 nitrogen and oxygen atoms in total. The summed E-state index contributed by atoms with van der Waals surface area (Å²) < 4.78 is 0. The van der Waals surface area contributed by atoms with Crippen molar-refractivity contribution < 1.29 is 4.79 Å². The fourth-order valence-corrected chi connectivity index (χ4v) is 3.24. The Morgan fingerprint density at radius 3 is 2.64 bits per heavy atom. The first-order chi connectivity index (χ1) is 12.0. The number of benzene rings is 1. The maximum Gasteiger partial charge on any atom is 0.230 e. The zero-order valence-electron chi connectivity index (χ0n) is 14.5. The first-order valence-corrected chi connectivity index (χ1v) is 8.89. The minimum Gasteiger partial charge on any atom is -0.325 e. The van der Waals surface area contributed by atoms with E-state index in [1.54, 1.807) is 6.20 Å². The van der Waals surface area contributed by atoms with Crippen LogP contribution in [0.15, 0.2) is 41.9 Å². The van der Waals surface area contributed by atoms with Gasteiger partial charge in [-0.15, -0.1) is 11.3 Å². The fourth-order valence-electron chi connectivity index (χ4n) is 2.52. The topological polar surface area (TPSA) is 66.9 Å². The van der Waals surface area contributed by atoms with Crippen LogP contribution in [-0.2, 0) is 11.2 Å². The van der Waals surface area contributed by atoms with Crippen LogP contribution in [0.3, 0.4) is 0 Å². The SMILES string of the molecule is Cc1ccnc(Nc2nc(CC(=O)Nc3c(C)cccc3C)cs2)c1. The molecule has 2 N–H and O–H groups in total. The predicted octanol–water partition coefficient (Wildman–Crippen LogP) is 4.39. The molecule has 0 saturated carbocycles. The average Bonchev–Trinajstić information content (AvgIpc) is 2.98. The third kappa shape index (κ3) is 4.42. The first kappa shape index (κ1) is 17.1. The van der Waals surface area contributed by atoms with Crippen LogP contribution >= 0.6 is 11.3 Å². The van der Waals surface area contributed by atoms with E-state index < -0.39 is 0 Å². The van der Waals surface area contributed by atoms with E-state index in [-0.39, 0.29) is 12.3 Å². The van der Waals surface area contributed by atoms with Crippen LogP contribution < -0.4 is 10.6 Å².